The van der Waals surface area contributed by atoms with E-state index in [9.17, 15) is 19.2 Å². The fourth-order valence-corrected chi connectivity index (χ4v) is 5.05. The van der Waals surface area contributed by atoms with Gasteiger partial charge in [0.25, 0.3) is 17.7 Å². The van der Waals surface area contributed by atoms with E-state index in [4.69, 9.17) is 0 Å². The molecule has 0 saturated heterocycles. The van der Waals surface area contributed by atoms with Crippen LogP contribution in [0.15, 0.2) is 97.1 Å². The maximum absolute atomic E-state index is 13.7. The molecule has 0 unspecified atom stereocenters. The Kier molecular flexibility index (Phi) is 8.64. The number of fused-ring (bicyclic) bond motifs is 1. The first-order valence-electron chi connectivity index (χ1n) is 14.0. The van der Waals surface area contributed by atoms with Crippen LogP contribution in [-0.4, -0.2) is 55.8 Å². The molecule has 4 amide bonds. The molecule has 0 radical (unpaired) electrons. The third-order valence-corrected chi connectivity index (χ3v) is 7.13. The predicted molar refractivity (Wildman–Crippen MR) is 168 cm³/mol. The van der Waals surface area contributed by atoms with Crippen molar-refractivity contribution in [2.75, 3.05) is 42.3 Å². The number of amides is 4. The summed E-state index contributed by atoms with van der Waals surface area (Å²) in [5.74, 6) is -1.14. The fourth-order valence-electron chi connectivity index (χ4n) is 5.05. The fraction of sp³-hybridized carbons (Fsp3) is 0.176. The Hall–Kier alpha value is -5.28. The van der Waals surface area contributed by atoms with Crippen molar-refractivity contribution in [1.29, 1.82) is 0 Å². The Bertz CT molecular complexity index is 1670. The van der Waals surface area contributed by atoms with E-state index in [1.54, 1.807) is 73.6 Å². The normalized spacial score (nSPS) is 12.9. The first-order chi connectivity index (χ1) is 20.7. The monoisotopic (exact) mass is 575 g/mol. The van der Waals surface area contributed by atoms with Crippen LogP contribution in [0.25, 0.3) is 11.1 Å². The zero-order valence-electron chi connectivity index (χ0n) is 24.3. The van der Waals surface area contributed by atoms with E-state index in [0.717, 1.165) is 16.7 Å². The second-order valence-electron chi connectivity index (χ2n) is 10.5. The van der Waals surface area contributed by atoms with E-state index in [0.29, 0.717) is 28.2 Å². The number of hydrogen-bond donors (Lipinski definition) is 2. The Labute approximate surface area is 250 Å². The number of carbonyl (C=O) groups is 4. The molecule has 1 heterocycles. The summed E-state index contributed by atoms with van der Waals surface area (Å²) in [6, 6.07) is 29.2. The second kappa shape index (κ2) is 12.7. The van der Waals surface area contributed by atoms with Gasteiger partial charge in [0.15, 0.2) is 0 Å². The van der Waals surface area contributed by atoms with E-state index >= 15 is 0 Å². The molecule has 4 aromatic rings. The lowest BCUT2D eigenvalue weighted by atomic mass is 9.98. The van der Waals surface area contributed by atoms with E-state index in [1.165, 1.54) is 9.91 Å². The zero-order valence-corrected chi connectivity index (χ0v) is 24.3. The van der Waals surface area contributed by atoms with Gasteiger partial charge < -0.3 is 15.1 Å². The summed E-state index contributed by atoms with van der Waals surface area (Å²) in [6.45, 7) is 2.01. The Morgan fingerprint density at radius 1 is 0.814 bits per heavy atom. The quantitative estimate of drug-likeness (QED) is 0.306. The van der Waals surface area contributed by atoms with Crippen molar-refractivity contribution in [1.82, 2.24) is 10.4 Å². The lowest BCUT2D eigenvalue weighted by Gasteiger charge is -2.25. The van der Waals surface area contributed by atoms with Gasteiger partial charge in [-0.3, -0.25) is 24.6 Å². The minimum Gasteiger partial charge on any atom is -0.322 e. The van der Waals surface area contributed by atoms with Crippen molar-refractivity contribution in [2.45, 2.75) is 13.3 Å². The van der Waals surface area contributed by atoms with Crippen molar-refractivity contribution in [2.24, 2.45) is 0 Å². The molecule has 0 saturated carbocycles. The second-order valence-corrected chi connectivity index (χ2v) is 10.5. The average Bonchev–Trinajstić information content (AvgIpc) is 3.13. The molecule has 218 valence electrons. The molecule has 0 spiro atoms. The van der Waals surface area contributed by atoms with Crippen molar-refractivity contribution in [3.63, 3.8) is 0 Å². The highest BCUT2D eigenvalue weighted by Crippen LogP contribution is 2.34. The minimum absolute atomic E-state index is 0.0597. The molecule has 43 heavy (non-hydrogen) atoms. The van der Waals surface area contributed by atoms with Crippen molar-refractivity contribution >= 4 is 40.7 Å². The third-order valence-electron chi connectivity index (χ3n) is 7.13. The van der Waals surface area contributed by atoms with Crippen LogP contribution in [-0.2, 0) is 9.59 Å². The molecule has 1 aliphatic heterocycles. The molecule has 0 fully saturated rings. The van der Waals surface area contributed by atoms with Crippen LogP contribution in [0.1, 0.15) is 32.7 Å². The number of hydrogen-bond acceptors (Lipinski definition) is 5. The number of benzene rings is 4. The smallest absolute Gasteiger partial charge is 0.258 e. The van der Waals surface area contributed by atoms with Crippen LogP contribution < -0.4 is 20.5 Å². The van der Waals surface area contributed by atoms with Gasteiger partial charge in [0.05, 0.1) is 11.4 Å². The molecule has 9 nitrogen and oxygen atoms in total. The topological polar surface area (TPSA) is 102 Å². The summed E-state index contributed by atoms with van der Waals surface area (Å²) in [5, 5.41) is 4.45. The number of carbonyl (C=O) groups excluding carboxylic acids is 4. The zero-order chi connectivity index (χ0) is 30.5. The summed E-state index contributed by atoms with van der Waals surface area (Å²) in [6.07, 6.45) is 0.0597. The molecule has 0 aliphatic carbocycles. The lowest BCUT2D eigenvalue weighted by Crippen LogP contribution is -2.45. The minimum atomic E-state index is -0.341. The number of aryl methyl sites for hydroxylation is 1. The summed E-state index contributed by atoms with van der Waals surface area (Å²) >= 11 is 0. The molecule has 0 aromatic heterocycles. The Balaban J connectivity index is 1.34. The maximum Gasteiger partial charge on any atom is 0.258 e. The first-order valence-corrected chi connectivity index (χ1v) is 14.0. The van der Waals surface area contributed by atoms with E-state index in [1.807, 2.05) is 49.4 Å². The third kappa shape index (κ3) is 6.63. The Morgan fingerprint density at radius 2 is 1.47 bits per heavy atom. The highest BCUT2D eigenvalue weighted by Gasteiger charge is 2.31. The van der Waals surface area contributed by atoms with Crippen molar-refractivity contribution in [3.05, 3.63) is 114 Å². The standard InChI is InChI=1S/C34H33N5O4/c1-23-12-14-24(15-13-23)27-8-4-5-9-28(27)33(42)35-26-18-16-25(17-19-26)34(43)38-21-20-32(41)39(22-31(40)36-37(2)3)30-11-7-6-10-29(30)38/h4-19H,20-22H2,1-3H3,(H,35,42)(H,36,40). The van der Waals surface area contributed by atoms with E-state index < -0.39 is 0 Å². The maximum atomic E-state index is 13.7. The van der Waals surface area contributed by atoms with Crippen LogP contribution in [0.4, 0.5) is 17.1 Å². The largest absolute Gasteiger partial charge is 0.322 e. The van der Waals surface area contributed by atoms with Crippen LogP contribution in [0.5, 0.6) is 0 Å². The number of para-hydroxylation sites is 2. The molecular formula is C34H33N5O4. The van der Waals surface area contributed by atoms with Gasteiger partial charge in [-0.1, -0.05) is 60.2 Å². The molecule has 0 atom stereocenters. The summed E-state index contributed by atoms with van der Waals surface area (Å²) < 4.78 is 0. The van der Waals surface area contributed by atoms with Gasteiger partial charge in [-0.05, 0) is 60.5 Å². The van der Waals surface area contributed by atoms with E-state index in [-0.39, 0.29) is 43.1 Å². The molecule has 1 aliphatic rings. The molecule has 2 N–H and O–H groups in total. The van der Waals surface area contributed by atoms with Gasteiger partial charge in [-0.15, -0.1) is 0 Å². The predicted octanol–water partition coefficient (Wildman–Crippen LogP) is 4.89. The SMILES string of the molecule is Cc1ccc(-c2ccccc2C(=O)Nc2ccc(C(=O)N3CCC(=O)N(CC(=O)NN(C)C)c4ccccc43)cc2)cc1. The van der Waals surface area contributed by atoms with E-state index in [2.05, 4.69) is 10.7 Å². The summed E-state index contributed by atoms with van der Waals surface area (Å²) in [7, 11) is 3.38. The highest BCUT2D eigenvalue weighted by molar-refractivity contribution is 6.12. The van der Waals surface area contributed by atoms with Gasteiger partial charge in [0, 0.05) is 43.9 Å². The number of anilines is 3. The number of nitrogens with zero attached hydrogens (tertiary/aromatic N) is 3. The van der Waals surface area contributed by atoms with Crippen LogP contribution in [0.2, 0.25) is 0 Å². The average molecular weight is 576 g/mol. The van der Waals surface area contributed by atoms with Gasteiger partial charge in [-0.2, -0.15) is 0 Å². The van der Waals surface area contributed by atoms with Crippen molar-refractivity contribution < 1.29 is 19.2 Å². The highest BCUT2D eigenvalue weighted by atomic mass is 16.2. The molecule has 9 heteroatoms. The number of rotatable bonds is 7. The Morgan fingerprint density at radius 3 is 2.16 bits per heavy atom. The van der Waals surface area contributed by atoms with Crippen molar-refractivity contribution in [3.8, 4) is 11.1 Å². The molecule has 4 aromatic carbocycles. The molecule has 0 bridgehead atoms. The van der Waals surface area contributed by atoms with Gasteiger partial charge in [-0.25, -0.2) is 5.01 Å². The number of nitrogens with one attached hydrogen (secondary N) is 2. The van der Waals surface area contributed by atoms with Gasteiger partial charge in [0.2, 0.25) is 5.91 Å². The van der Waals surface area contributed by atoms with Crippen LogP contribution in [0.3, 0.4) is 0 Å². The summed E-state index contributed by atoms with van der Waals surface area (Å²) in [5.41, 5.74) is 8.09. The van der Waals surface area contributed by atoms with Gasteiger partial charge in [0.1, 0.15) is 6.54 Å². The van der Waals surface area contributed by atoms with Crippen LogP contribution in [0, 0.1) is 6.92 Å². The summed E-state index contributed by atoms with van der Waals surface area (Å²) in [4.78, 5) is 55.5. The number of hydrazine groups is 1. The first kappa shape index (κ1) is 29.2. The molecular weight excluding hydrogens is 542 g/mol. The van der Waals surface area contributed by atoms with Gasteiger partial charge >= 0.3 is 0 Å². The molecule has 5 rings (SSSR count). The van der Waals surface area contributed by atoms with Crippen LogP contribution >= 0.6 is 0 Å². The lowest BCUT2D eigenvalue weighted by molar-refractivity contribution is -0.126.